The molecule has 0 heterocycles. The van der Waals surface area contributed by atoms with Crippen molar-refractivity contribution in [1.82, 2.24) is 5.32 Å². The van der Waals surface area contributed by atoms with Gasteiger partial charge in [-0.15, -0.1) is 0 Å². The van der Waals surface area contributed by atoms with Gasteiger partial charge in [0.25, 0.3) is 0 Å². The van der Waals surface area contributed by atoms with E-state index in [0.717, 1.165) is 31.7 Å². The van der Waals surface area contributed by atoms with Crippen molar-refractivity contribution >= 4 is 5.91 Å². The fraction of sp³-hybridized carbons (Fsp3) is 0.632. The maximum atomic E-state index is 12.2. The molecule has 1 saturated carbocycles. The van der Waals surface area contributed by atoms with Crippen LogP contribution in [-0.4, -0.2) is 12.5 Å². The van der Waals surface area contributed by atoms with Crippen molar-refractivity contribution in [2.24, 2.45) is 11.8 Å². The molecule has 0 bridgehead atoms. The number of amides is 1. The predicted molar refractivity (Wildman–Crippen MR) is 88.1 cm³/mol. The molecule has 21 heavy (non-hydrogen) atoms. The molecule has 2 rings (SSSR count). The summed E-state index contributed by atoms with van der Waals surface area (Å²) in [6, 6.07) is 10.4. The molecular weight excluding hydrogens is 258 g/mol. The van der Waals surface area contributed by atoms with Gasteiger partial charge in [-0.1, -0.05) is 56.5 Å². The molecule has 1 aliphatic rings. The lowest BCUT2D eigenvalue weighted by atomic mass is 9.79. The van der Waals surface area contributed by atoms with Gasteiger partial charge in [0.1, 0.15) is 0 Å². The summed E-state index contributed by atoms with van der Waals surface area (Å²) in [5.41, 5.74) is 1.29. The molecule has 0 aromatic heterocycles. The first-order chi connectivity index (χ1) is 10.3. The first-order valence-corrected chi connectivity index (χ1v) is 8.61. The quantitative estimate of drug-likeness (QED) is 0.794. The van der Waals surface area contributed by atoms with Gasteiger partial charge in [0, 0.05) is 12.5 Å². The van der Waals surface area contributed by atoms with Crippen molar-refractivity contribution in [3.63, 3.8) is 0 Å². The molecule has 0 spiro atoms. The van der Waals surface area contributed by atoms with Crippen LogP contribution in [0, 0.1) is 11.8 Å². The van der Waals surface area contributed by atoms with Gasteiger partial charge in [0.2, 0.25) is 5.91 Å². The maximum Gasteiger partial charge on any atom is 0.223 e. The molecule has 1 aromatic rings. The molecule has 0 unspecified atom stereocenters. The Bertz CT molecular complexity index is 407. The third kappa shape index (κ3) is 5.53. The summed E-state index contributed by atoms with van der Waals surface area (Å²) >= 11 is 0. The normalized spacial score (nSPS) is 22.0. The Balaban J connectivity index is 1.63. The van der Waals surface area contributed by atoms with Crippen molar-refractivity contribution in [3.05, 3.63) is 35.9 Å². The Hall–Kier alpha value is -1.31. The summed E-state index contributed by atoms with van der Waals surface area (Å²) in [4.78, 5) is 12.2. The van der Waals surface area contributed by atoms with Gasteiger partial charge in [0.05, 0.1) is 0 Å². The fourth-order valence-electron chi connectivity index (χ4n) is 3.33. The molecule has 1 N–H and O–H groups in total. The lowest BCUT2D eigenvalue weighted by Gasteiger charge is -2.27. The van der Waals surface area contributed by atoms with E-state index in [1.54, 1.807) is 0 Å². The summed E-state index contributed by atoms with van der Waals surface area (Å²) in [5, 5.41) is 3.12. The van der Waals surface area contributed by atoms with Crippen LogP contribution in [0.3, 0.4) is 0 Å². The Morgan fingerprint density at radius 1 is 1.14 bits per heavy atom. The van der Waals surface area contributed by atoms with Crippen LogP contribution < -0.4 is 5.32 Å². The third-order valence-corrected chi connectivity index (χ3v) is 4.74. The number of unbranched alkanes of at least 4 members (excludes halogenated alkanes) is 1. The average molecular weight is 287 g/mol. The van der Waals surface area contributed by atoms with E-state index in [9.17, 15) is 4.79 Å². The first-order valence-electron chi connectivity index (χ1n) is 8.61. The van der Waals surface area contributed by atoms with Gasteiger partial charge in [-0.2, -0.15) is 0 Å². The molecule has 116 valence electrons. The van der Waals surface area contributed by atoms with Crippen LogP contribution in [0.1, 0.15) is 57.4 Å². The zero-order valence-corrected chi connectivity index (χ0v) is 13.3. The van der Waals surface area contributed by atoms with Gasteiger partial charge in [-0.3, -0.25) is 4.79 Å². The van der Waals surface area contributed by atoms with Crippen LogP contribution in [0.5, 0.6) is 0 Å². The highest BCUT2D eigenvalue weighted by atomic mass is 16.1. The number of carbonyl (C=O) groups is 1. The van der Waals surface area contributed by atoms with Gasteiger partial charge in [-0.25, -0.2) is 0 Å². The Morgan fingerprint density at radius 3 is 2.52 bits per heavy atom. The van der Waals surface area contributed by atoms with E-state index in [0.29, 0.717) is 0 Å². The highest BCUT2D eigenvalue weighted by Gasteiger charge is 2.25. The molecule has 1 amide bonds. The van der Waals surface area contributed by atoms with E-state index in [1.807, 2.05) is 6.07 Å². The summed E-state index contributed by atoms with van der Waals surface area (Å²) in [7, 11) is 0. The van der Waals surface area contributed by atoms with Gasteiger partial charge >= 0.3 is 0 Å². The maximum absolute atomic E-state index is 12.2. The van der Waals surface area contributed by atoms with E-state index in [2.05, 4.69) is 36.5 Å². The van der Waals surface area contributed by atoms with Gasteiger partial charge < -0.3 is 5.32 Å². The van der Waals surface area contributed by atoms with Gasteiger partial charge in [0.15, 0.2) is 0 Å². The molecular formula is C19H29NO. The van der Waals surface area contributed by atoms with Gasteiger partial charge in [-0.05, 0) is 43.6 Å². The zero-order valence-electron chi connectivity index (χ0n) is 13.3. The molecule has 1 fully saturated rings. The van der Waals surface area contributed by atoms with Crippen LogP contribution in [0.4, 0.5) is 0 Å². The molecule has 0 radical (unpaired) electrons. The summed E-state index contributed by atoms with van der Waals surface area (Å²) in [6.07, 6.45) is 9.60. The van der Waals surface area contributed by atoms with Crippen LogP contribution in [0.15, 0.2) is 30.3 Å². The van der Waals surface area contributed by atoms with E-state index in [4.69, 9.17) is 0 Å². The second kappa shape index (κ2) is 8.86. The van der Waals surface area contributed by atoms with E-state index in [1.165, 1.54) is 37.7 Å². The number of rotatable bonds is 7. The molecule has 1 aromatic carbocycles. The predicted octanol–water partition coefficient (Wildman–Crippen LogP) is 4.34. The monoisotopic (exact) mass is 287 g/mol. The Labute approximate surface area is 129 Å². The number of hydrogen-bond donors (Lipinski definition) is 1. The second-order valence-electron chi connectivity index (χ2n) is 6.39. The van der Waals surface area contributed by atoms with Crippen LogP contribution in [0.2, 0.25) is 0 Å². The van der Waals surface area contributed by atoms with Crippen molar-refractivity contribution in [2.45, 2.75) is 58.3 Å². The number of nitrogens with one attached hydrogen (secondary N) is 1. The molecule has 0 atom stereocenters. The molecule has 0 saturated heterocycles. The minimum Gasteiger partial charge on any atom is -0.356 e. The zero-order chi connectivity index (χ0) is 14.9. The van der Waals surface area contributed by atoms with Crippen molar-refractivity contribution < 1.29 is 4.79 Å². The molecule has 0 aliphatic heterocycles. The summed E-state index contributed by atoms with van der Waals surface area (Å²) < 4.78 is 0. The smallest absolute Gasteiger partial charge is 0.223 e. The van der Waals surface area contributed by atoms with Crippen LogP contribution >= 0.6 is 0 Å². The van der Waals surface area contributed by atoms with E-state index >= 15 is 0 Å². The van der Waals surface area contributed by atoms with Crippen molar-refractivity contribution in [3.8, 4) is 0 Å². The average Bonchev–Trinajstić information content (AvgIpc) is 2.54. The van der Waals surface area contributed by atoms with E-state index < -0.39 is 0 Å². The first kappa shape index (κ1) is 16.1. The summed E-state index contributed by atoms with van der Waals surface area (Å²) in [6.45, 7) is 3.02. The number of hydrogen-bond acceptors (Lipinski definition) is 1. The fourth-order valence-corrected chi connectivity index (χ4v) is 3.33. The van der Waals surface area contributed by atoms with Crippen LogP contribution in [0.25, 0.3) is 0 Å². The highest BCUT2D eigenvalue weighted by molar-refractivity contribution is 5.78. The number of carbonyl (C=O) groups excluding carboxylic acids is 1. The largest absolute Gasteiger partial charge is 0.356 e. The molecule has 2 heteroatoms. The second-order valence-corrected chi connectivity index (χ2v) is 6.39. The van der Waals surface area contributed by atoms with Crippen molar-refractivity contribution in [2.75, 3.05) is 6.54 Å². The third-order valence-electron chi connectivity index (χ3n) is 4.74. The molecule has 2 nitrogen and oxygen atoms in total. The minimum atomic E-state index is 0.263. The number of benzene rings is 1. The SMILES string of the molecule is CCCCC1CCC(C(=O)NCCc2ccccc2)CC1. The Morgan fingerprint density at radius 2 is 1.86 bits per heavy atom. The van der Waals surface area contributed by atoms with Crippen molar-refractivity contribution in [1.29, 1.82) is 0 Å². The van der Waals surface area contributed by atoms with Crippen LogP contribution in [-0.2, 0) is 11.2 Å². The Kier molecular flexibility index (Phi) is 6.78. The topological polar surface area (TPSA) is 29.1 Å². The minimum absolute atomic E-state index is 0.263. The highest BCUT2D eigenvalue weighted by Crippen LogP contribution is 2.31. The summed E-state index contributed by atoms with van der Waals surface area (Å²) in [5.74, 6) is 1.41. The lowest BCUT2D eigenvalue weighted by molar-refractivity contribution is -0.126. The lowest BCUT2D eigenvalue weighted by Crippen LogP contribution is -2.34. The van der Waals surface area contributed by atoms with E-state index in [-0.39, 0.29) is 11.8 Å². The molecule has 1 aliphatic carbocycles. The standard InChI is InChI=1S/C19H29NO/c1-2-3-7-17-10-12-18(13-11-17)19(21)20-15-14-16-8-5-4-6-9-16/h4-6,8-9,17-18H,2-3,7,10-15H2,1H3,(H,20,21).